The molecular formula is C18H21ClN2. The third-order valence-corrected chi connectivity index (χ3v) is 4.36. The van der Waals surface area contributed by atoms with Gasteiger partial charge in [0, 0.05) is 29.8 Å². The molecule has 0 aliphatic heterocycles. The second-order valence-corrected chi connectivity index (χ2v) is 6.38. The molecule has 3 heteroatoms. The van der Waals surface area contributed by atoms with Crippen molar-refractivity contribution in [2.45, 2.75) is 38.9 Å². The predicted octanol–water partition coefficient (Wildman–Crippen LogP) is 4.40. The standard InChI is InChI=1S/C18H21ClN2/c1-13-2-5-15(18(19)10-13)12-21(17-8-9-17)11-14-3-6-16(20)7-4-14/h2-7,10,17H,8-9,11-12,20H2,1H3. The van der Waals surface area contributed by atoms with Crippen LogP contribution in [0.4, 0.5) is 5.69 Å². The third-order valence-electron chi connectivity index (χ3n) is 4.01. The van der Waals surface area contributed by atoms with Crippen LogP contribution in [0.5, 0.6) is 0 Å². The lowest BCUT2D eigenvalue weighted by Crippen LogP contribution is -2.25. The lowest BCUT2D eigenvalue weighted by atomic mass is 10.1. The van der Waals surface area contributed by atoms with Crippen LogP contribution in [0, 0.1) is 6.92 Å². The molecule has 0 unspecified atom stereocenters. The van der Waals surface area contributed by atoms with Gasteiger partial charge in [-0.15, -0.1) is 0 Å². The van der Waals surface area contributed by atoms with Crippen molar-refractivity contribution in [1.29, 1.82) is 0 Å². The first-order valence-corrected chi connectivity index (χ1v) is 7.83. The molecule has 0 heterocycles. The van der Waals surface area contributed by atoms with E-state index in [-0.39, 0.29) is 0 Å². The van der Waals surface area contributed by atoms with Gasteiger partial charge in [0.2, 0.25) is 0 Å². The molecule has 0 amide bonds. The molecule has 0 aromatic heterocycles. The Balaban J connectivity index is 1.74. The summed E-state index contributed by atoms with van der Waals surface area (Å²) in [5.41, 5.74) is 10.3. The average Bonchev–Trinajstić information content (AvgIpc) is 3.28. The van der Waals surface area contributed by atoms with Gasteiger partial charge >= 0.3 is 0 Å². The van der Waals surface area contributed by atoms with E-state index in [0.29, 0.717) is 6.04 Å². The number of rotatable bonds is 5. The van der Waals surface area contributed by atoms with Crippen LogP contribution in [0.2, 0.25) is 5.02 Å². The second kappa shape index (κ2) is 6.08. The summed E-state index contributed by atoms with van der Waals surface area (Å²) >= 11 is 6.38. The Kier molecular flexibility index (Phi) is 4.18. The van der Waals surface area contributed by atoms with Crippen LogP contribution in [-0.2, 0) is 13.1 Å². The SMILES string of the molecule is Cc1ccc(CN(Cc2ccc(N)cc2)C2CC2)c(Cl)c1. The normalized spacial score (nSPS) is 14.6. The molecule has 110 valence electrons. The van der Waals surface area contributed by atoms with Gasteiger partial charge in [-0.05, 0) is 54.7 Å². The molecule has 0 radical (unpaired) electrons. The Morgan fingerprint density at radius 1 is 1.10 bits per heavy atom. The maximum absolute atomic E-state index is 6.38. The summed E-state index contributed by atoms with van der Waals surface area (Å²) in [6.45, 7) is 3.94. The lowest BCUT2D eigenvalue weighted by molar-refractivity contribution is 0.246. The summed E-state index contributed by atoms with van der Waals surface area (Å²) in [6.07, 6.45) is 2.58. The van der Waals surface area contributed by atoms with E-state index < -0.39 is 0 Å². The highest BCUT2D eigenvalue weighted by Crippen LogP contribution is 2.31. The maximum Gasteiger partial charge on any atom is 0.0453 e. The van der Waals surface area contributed by atoms with Gasteiger partial charge in [0.1, 0.15) is 0 Å². The molecule has 1 aliphatic rings. The van der Waals surface area contributed by atoms with Crippen molar-refractivity contribution < 1.29 is 0 Å². The topological polar surface area (TPSA) is 29.3 Å². The summed E-state index contributed by atoms with van der Waals surface area (Å²) < 4.78 is 0. The Morgan fingerprint density at radius 3 is 2.43 bits per heavy atom. The van der Waals surface area contributed by atoms with Gasteiger partial charge in [-0.25, -0.2) is 0 Å². The molecule has 0 spiro atoms. The average molecular weight is 301 g/mol. The van der Waals surface area contributed by atoms with E-state index in [1.54, 1.807) is 0 Å². The molecule has 2 aromatic carbocycles. The fourth-order valence-corrected chi connectivity index (χ4v) is 2.91. The largest absolute Gasteiger partial charge is 0.399 e. The molecule has 3 rings (SSSR count). The number of hydrogen-bond acceptors (Lipinski definition) is 2. The summed E-state index contributed by atoms with van der Waals surface area (Å²) in [6, 6.07) is 15.2. The van der Waals surface area contributed by atoms with Crippen molar-refractivity contribution in [2.75, 3.05) is 5.73 Å². The third kappa shape index (κ3) is 3.78. The molecular weight excluding hydrogens is 280 g/mol. The van der Waals surface area contributed by atoms with Crippen LogP contribution < -0.4 is 5.73 Å². The van der Waals surface area contributed by atoms with Crippen molar-refractivity contribution in [2.24, 2.45) is 0 Å². The predicted molar refractivity (Wildman–Crippen MR) is 89.3 cm³/mol. The zero-order valence-corrected chi connectivity index (χ0v) is 13.1. The highest BCUT2D eigenvalue weighted by atomic mass is 35.5. The molecule has 0 saturated heterocycles. The van der Waals surface area contributed by atoms with Gasteiger partial charge in [0.05, 0.1) is 0 Å². The van der Waals surface area contributed by atoms with E-state index >= 15 is 0 Å². The number of nitrogens with zero attached hydrogens (tertiary/aromatic N) is 1. The van der Waals surface area contributed by atoms with Gasteiger partial charge < -0.3 is 5.73 Å². The van der Waals surface area contributed by atoms with E-state index in [2.05, 4.69) is 36.1 Å². The van der Waals surface area contributed by atoms with Crippen LogP contribution in [0.25, 0.3) is 0 Å². The molecule has 1 aliphatic carbocycles. The highest BCUT2D eigenvalue weighted by molar-refractivity contribution is 6.31. The quantitative estimate of drug-likeness (QED) is 0.830. The van der Waals surface area contributed by atoms with Gasteiger partial charge in [-0.1, -0.05) is 35.9 Å². The molecule has 21 heavy (non-hydrogen) atoms. The van der Waals surface area contributed by atoms with Crippen molar-refractivity contribution >= 4 is 17.3 Å². The van der Waals surface area contributed by atoms with E-state index in [9.17, 15) is 0 Å². The first kappa shape index (κ1) is 14.4. The second-order valence-electron chi connectivity index (χ2n) is 5.97. The minimum absolute atomic E-state index is 0.694. The Morgan fingerprint density at radius 2 is 1.81 bits per heavy atom. The fraction of sp³-hybridized carbons (Fsp3) is 0.333. The van der Waals surface area contributed by atoms with Crippen LogP contribution in [0.15, 0.2) is 42.5 Å². The van der Waals surface area contributed by atoms with Crippen molar-refractivity contribution in [3.05, 3.63) is 64.2 Å². The summed E-state index contributed by atoms with van der Waals surface area (Å²) in [4.78, 5) is 2.52. The number of nitrogens with two attached hydrogens (primary N) is 1. The van der Waals surface area contributed by atoms with Crippen LogP contribution in [0.1, 0.15) is 29.5 Å². The Bertz CT molecular complexity index is 618. The van der Waals surface area contributed by atoms with E-state index in [1.807, 2.05) is 18.2 Å². The van der Waals surface area contributed by atoms with Gasteiger partial charge in [0.25, 0.3) is 0 Å². The summed E-state index contributed by atoms with van der Waals surface area (Å²) in [5.74, 6) is 0. The monoisotopic (exact) mass is 300 g/mol. The molecule has 1 fully saturated rings. The smallest absolute Gasteiger partial charge is 0.0453 e. The number of benzene rings is 2. The van der Waals surface area contributed by atoms with Crippen molar-refractivity contribution in [1.82, 2.24) is 4.90 Å². The number of halogens is 1. The minimum atomic E-state index is 0.694. The molecule has 2 aromatic rings. The van der Waals surface area contributed by atoms with Gasteiger partial charge in [0.15, 0.2) is 0 Å². The number of anilines is 1. The molecule has 2 nitrogen and oxygen atoms in total. The van der Waals surface area contributed by atoms with E-state index in [1.165, 1.54) is 29.5 Å². The van der Waals surface area contributed by atoms with Crippen LogP contribution in [0.3, 0.4) is 0 Å². The van der Waals surface area contributed by atoms with Crippen LogP contribution in [-0.4, -0.2) is 10.9 Å². The Hall–Kier alpha value is -1.51. The zero-order valence-electron chi connectivity index (χ0n) is 12.3. The van der Waals surface area contributed by atoms with Gasteiger partial charge in [-0.2, -0.15) is 0 Å². The fourth-order valence-electron chi connectivity index (χ4n) is 2.61. The van der Waals surface area contributed by atoms with E-state index in [4.69, 9.17) is 17.3 Å². The Labute approximate surface area is 131 Å². The number of nitrogen functional groups attached to an aromatic ring is 1. The molecule has 0 bridgehead atoms. The molecule has 0 atom stereocenters. The highest BCUT2D eigenvalue weighted by Gasteiger charge is 2.29. The first-order valence-electron chi connectivity index (χ1n) is 7.45. The lowest BCUT2D eigenvalue weighted by Gasteiger charge is -2.23. The zero-order chi connectivity index (χ0) is 14.8. The van der Waals surface area contributed by atoms with Crippen molar-refractivity contribution in [3.8, 4) is 0 Å². The summed E-state index contributed by atoms with van der Waals surface area (Å²) in [7, 11) is 0. The van der Waals surface area contributed by atoms with Crippen molar-refractivity contribution in [3.63, 3.8) is 0 Å². The molecule has 2 N–H and O–H groups in total. The first-order chi connectivity index (χ1) is 10.1. The number of hydrogen-bond donors (Lipinski definition) is 1. The molecule has 1 saturated carbocycles. The maximum atomic E-state index is 6.38. The number of aryl methyl sites for hydroxylation is 1. The van der Waals surface area contributed by atoms with Crippen LogP contribution >= 0.6 is 11.6 Å². The minimum Gasteiger partial charge on any atom is -0.399 e. The summed E-state index contributed by atoms with van der Waals surface area (Å²) in [5, 5.41) is 0.873. The van der Waals surface area contributed by atoms with Gasteiger partial charge in [-0.3, -0.25) is 4.90 Å². The van der Waals surface area contributed by atoms with E-state index in [0.717, 1.165) is 23.8 Å².